The van der Waals surface area contributed by atoms with Gasteiger partial charge in [-0.2, -0.15) is 0 Å². The first kappa shape index (κ1) is 24.6. The maximum Gasteiger partial charge on any atom is 0.338 e. The van der Waals surface area contributed by atoms with Crippen molar-refractivity contribution in [3.63, 3.8) is 0 Å². The highest BCUT2D eigenvalue weighted by molar-refractivity contribution is 5.95. The minimum Gasteiger partial charge on any atom is -0.459 e. The van der Waals surface area contributed by atoms with E-state index in [4.69, 9.17) is 4.74 Å². The lowest BCUT2D eigenvalue weighted by Gasteiger charge is -2.35. The number of hydrogen-bond donors (Lipinski definition) is 3. The lowest BCUT2D eigenvalue weighted by Crippen LogP contribution is -2.48. The molecule has 0 spiro atoms. The fourth-order valence-electron chi connectivity index (χ4n) is 4.46. The van der Waals surface area contributed by atoms with Gasteiger partial charge in [-0.3, -0.25) is 4.90 Å². The van der Waals surface area contributed by atoms with Crippen LogP contribution in [0.5, 0.6) is 0 Å². The SMILES string of the molecule is CCCN1C(=O)NC(c2cccc(NC(=O)NC3CCCCC3)c2)C(C(=O)OC(C)C)=C1C. The molecule has 0 bridgehead atoms. The highest BCUT2D eigenvalue weighted by Crippen LogP contribution is 2.32. The first-order chi connectivity index (χ1) is 15.8. The summed E-state index contributed by atoms with van der Waals surface area (Å²) >= 11 is 0. The molecule has 8 nitrogen and oxygen atoms in total. The molecule has 1 unspecified atom stereocenters. The van der Waals surface area contributed by atoms with Crippen LogP contribution < -0.4 is 16.0 Å². The van der Waals surface area contributed by atoms with Crippen molar-refractivity contribution in [2.75, 3.05) is 11.9 Å². The van der Waals surface area contributed by atoms with Crippen molar-refractivity contribution < 1.29 is 19.1 Å². The van der Waals surface area contributed by atoms with Gasteiger partial charge in [-0.05, 0) is 57.7 Å². The third-order valence-corrected chi connectivity index (χ3v) is 6.02. The van der Waals surface area contributed by atoms with E-state index in [9.17, 15) is 14.4 Å². The highest BCUT2D eigenvalue weighted by Gasteiger charge is 2.36. The summed E-state index contributed by atoms with van der Waals surface area (Å²) in [4.78, 5) is 39.9. The van der Waals surface area contributed by atoms with Crippen LogP contribution in [0, 0.1) is 0 Å². The molecule has 1 saturated carbocycles. The molecule has 1 heterocycles. The van der Waals surface area contributed by atoms with Gasteiger partial charge in [0, 0.05) is 24.0 Å². The van der Waals surface area contributed by atoms with E-state index >= 15 is 0 Å². The molecule has 1 aliphatic heterocycles. The van der Waals surface area contributed by atoms with Crippen molar-refractivity contribution in [2.45, 2.75) is 84.4 Å². The van der Waals surface area contributed by atoms with E-state index in [1.54, 1.807) is 43.9 Å². The number of rotatable bonds is 7. The van der Waals surface area contributed by atoms with Gasteiger partial charge in [-0.25, -0.2) is 14.4 Å². The van der Waals surface area contributed by atoms with Gasteiger partial charge >= 0.3 is 18.0 Å². The second-order valence-corrected chi connectivity index (χ2v) is 9.05. The van der Waals surface area contributed by atoms with Gasteiger partial charge < -0.3 is 20.7 Å². The molecule has 3 N–H and O–H groups in total. The van der Waals surface area contributed by atoms with E-state index in [1.165, 1.54) is 6.42 Å². The van der Waals surface area contributed by atoms with Crippen molar-refractivity contribution >= 4 is 23.7 Å². The Morgan fingerprint density at radius 2 is 1.94 bits per heavy atom. The van der Waals surface area contributed by atoms with Gasteiger partial charge in [0.05, 0.1) is 17.7 Å². The van der Waals surface area contributed by atoms with Crippen LogP contribution in [0.4, 0.5) is 15.3 Å². The molecule has 1 fully saturated rings. The van der Waals surface area contributed by atoms with Gasteiger partial charge in [0.15, 0.2) is 0 Å². The fourth-order valence-corrected chi connectivity index (χ4v) is 4.46. The minimum absolute atomic E-state index is 0.201. The zero-order valence-electron chi connectivity index (χ0n) is 20.1. The van der Waals surface area contributed by atoms with Crippen LogP contribution in [0.25, 0.3) is 0 Å². The zero-order chi connectivity index (χ0) is 24.0. The van der Waals surface area contributed by atoms with Gasteiger partial charge in [-0.15, -0.1) is 0 Å². The van der Waals surface area contributed by atoms with Crippen LogP contribution in [-0.4, -0.2) is 41.6 Å². The molecule has 0 saturated heterocycles. The maximum atomic E-state index is 13.0. The number of benzene rings is 1. The molecule has 1 aromatic rings. The number of hydrogen-bond acceptors (Lipinski definition) is 4. The van der Waals surface area contributed by atoms with Crippen LogP contribution in [-0.2, 0) is 9.53 Å². The zero-order valence-corrected chi connectivity index (χ0v) is 20.1. The Hall–Kier alpha value is -3.03. The van der Waals surface area contributed by atoms with Crippen LogP contribution in [0.3, 0.4) is 0 Å². The second kappa shape index (κ2) is 11.2. The van der Waals surface area contributed by atoms with E-state index in [2.05, 4.69) is 16.0 Å². The fraction of sp³-hybridized carbons (Fsp3) is 0.560. The molecule has 1 atom stereocenters. The van der Waals surface area contributed by atoms with E-state index < -0.39 is 12.0 Å². The summed E-state index contributed by atoms with van der Waals surface area (Å²) < 4.78 is 5.50. The van der Waals surface area contributed by atoms with Crippen molar-refractivity contribution in [1.82, 2.24) is 15.5 Å². The summed E-state index contributed by atoms with van der Waals surface area (Å²) in [7, 11) is 0. The topological polar surface area (TPSA) is 99.8 Å². The average molecular weight is 457 g/mol. The van der Waals surface area contributed by atoms with E-state index in [0.717, 1.165) is 32.1 Å². The largest absolute Gasteiger partial charge is 0.459 e. The number of nitrogens with one attached hydrogen (secondary N) is 3. The Bertz CT molecular complexity index is 905. The average Bonchev–Trinajstić information content (AvgIpc) is 2.76. The summed E-state index contributed by atoms with van der Waals surface area (Å²) in [6.07, 6.45) is 5.97. The summed E-state index contributed by atoms with van der Waals surface area (Å²) in [6.45, 7) is 7.85. The minimum atomic E-state index is -0.667. The Balaban J connectivity index is 1.84. The monoisotopic (exact) mass is 456 g/mol. The Kier molecular flexibility index (Phi) is 8.36. The summed E-state index contributed by atoms with van der Waals surface area (Å²) in [5, 5.41) is 8.88. The van der Waals surface area contributed by atoms with Crippen molar-refractivity contribution in [3.05, 3.63) is 41.1 Å². The first-order valence-electron chi connectivity index (χ1n) is 12.0. The van der Waals surface area contributed by atoms with Crippen molar-refractivity contribution in [2.24, 2.45) is 0 Å². The Morgan fingerprint density at radius 3 is 2.61 bits per heavy atom. The molecule has 4 amide bonds. The molecule has 33 heavy (non-hydrogen) atoms. The summed E-state index contributed by atoms with van der Waals surface area (Å²) in [5.41, 5.74) is 2.29. The number of esters is 1. The summed E-state index contributed by atoms with van der Waals surface area (Å²) in [6, 6.07) is 6.25. The standard InChI is InChI=1S/C25H36N4O4/c1-5-14-29-17(4)21(23(30)33-16(2)3)22(28-25(29)32)18-10-9-13-20(15-18)27-24(31)26-19-11-7-6-8-12-19/h9-10,13,15-16,19,22H,5-8,11-12,14H2,1-4H3,(H,28,32)(H2,26,27,31). The quantitative estimate of drug-likeness (QED) is 0.511. The van der Waals surface area contributed by atoms with Crippen LogP contribution in [0.2, 0.25) is 0 Å². The number of anilines is 1. The molecule has 2 aliphatic rings. The van der Waals surface area contributed by atoms with Crippen LogP contribution in [0.15, 0.2) is 35.5 Å². The van der Waals surface area contributed by atoms with E-state index in [1.807, 2.05) is 13.0 Å². The molecule has 0 radical (unpaired) electrons. The highest BCUT2D eigenvalue weighted by atomic mass is 16.5. The smallest absolute Gasteiger partial charge is 0.338 e. The molecule has 1 aliphatic carbocycles. The predicted octanol–water partition coefficient (Wildman–Crippen LogP) is 4.84. The normalized spacial score (nSPS) is 19.4. The molecule has 180 valence electrons. The number of ether oxygens (including phenoxy) is 1. The number of allylic oxidation sites excluding steroid dienone is 1. The van der Waals surface area contributed by atoms with Crippen molar-refractivity contribution in [3.8, 4) is 0 Å². The lowest BCUT2D eigenvalue weighted by molar-refractivity contribution is -0.143. The van der Waals surface area contributed by atoms with E-state index in [-0.39, 0.29) is 24.2 Å². The van der Waals surface area contributed by atoms with Gasteiger partial charge in [-0.1, -0.05) is 38.3 Å². The maximum absolute atomic E-state index is 13.0. The molecule has 1 aromatic carbocycles. The van der Waals surface area contributed by atoms with Crippen LogP contribution in [0.1, 0.15) is 77.8 Å². The molecule has 3 rings (SSSR count). The lowest BCUT2D eigenvalue weighted by atomic mass is 9.94. The Morgan fingerprint density at radius 1 is 1.21 bits per heavy atom. The van der Waals surface area contributed by atoms with Crippen LogP contribution >= 0.6 is 0 Å². The molecule has 0 aromatic heterocycles. The molecule has 8 heteroatoms. The van der Waals surface area contributed by atoms with Gasteiger partial charge in [0.1, 0.15) is 0 Å². The number of amides is 4. The second-order valence-electron chi connectivity index (χ2n) is 9.05. The first-order valence-corrected chi connectivity index (χ1v) is 12.0. The van der Waals surface area contributed by atoms with Gasteiger partial charge in [0.2, 0.25) is 0 Å². The number of carbonyl (C=O) groups is 3. The third-order valence-electron chi connectivity index (χ3n) is 6.02. The third kappa shape index (κ3) is 6.27. The number of urea groups is 2. The number of nitrogens with zero attached hydrogens (tertiary/aromatic N) is 1. The van der Waals surface area contributed by atoms with E-state index in [0.29, 0.717) is 29.1 Å². The molecular weight excluding hydrogens is 420 g/mol. The predicted molar refractivity (Wildman–Crippen MR) is 128 cm³/mol. The summed E-state index contributed by atoms with van der Waals surface area (Å²) in [5.74, 6) is -0.456. The van der Waals surface area contributed by atoms with Crippen molar-refractivity contribution in [1.29, 1.82) is 0 Å². The van der Waals surface area contributed by atoms with Gasteiger partial charge in [0.25, 0.3) is 0 Å². The molecular formula is C25H36N4O4. The Labute approximate surface area is 196 Å². The number of carbonyl (C=O) groups excluding carboxylic acids is 3.